The number of benzene rings is 1. The minimum atomic E-state index is -0.954. The molecule has 0 bridgehead atoms. The van der Waals surface area contributed by atoms with Crippen LogP contribution in [-0.2, 0) is 6.54 Å². The van der Waals surface area contributed by atoms with Crippen molar-refractivity contribution in [3.8, 4) is 11.4 Å². The van der Waals surface area contributed by atoms with Gasteiger partial charge in [-0.2, -0.15) is 16.1 Å². The van der Waals surface area contributed by atoms with Gasteiger partial charge in [-0.1, -0.05) is 12.1 Å². The van der Waals surface area contributed by atoms with Crippen LogP contribution in [0.2, 0.25) is 0 Å². The van der Waals surface area contributed by atoms with E-state index in [0.29, 0.717) is 11.4 Å². The standard InChI is InChI=1S/C13H11N5O3S/c19-12(9-2-1-3-11(6-9)18(20)21)7-17-15-13(14-16-17)10-4-5-22-8-10/h1-6,8,12,19H,7H2. The highest BCUT2D eigenvalue weighted by Crippen LogP contribution is 2.21. The van der Waals surface area contributed by atoms with E-state index in [2.05, 4.69) is 15.4 Å². The molecule has 0 aliphatic carbocycles. The molecule has 112 valence electrons. The molecule has 0 aliphatic heterocycles. The van der Waals surface area contributed by atoms with Crippen LogP contribution in [0.25, 0.3) is 11.4 Å². The molecule has 0 fully saturated rings. The van der Waals surface area contributed by atoms with Gasteiger partial charge in [0.05, 0.1) is 11.5 Å². The SMILES string of the molecule is O=[N+]([O-])c1cccc(C(O)Cn2nnc(-c3ccsc3)n2)c1. The van der Waals surface area contributed by atoms with Gasteiger partial charge in [-0.15, -0.1) is 10.2 Å². The lowest BCUT2D eigenvalue weighted by molar-refractivity contribution is -0.385. The lowest BCUT2D eigenvalue weighted by atomic mass is 10.1. The molecule has 1 N–H and O–H groups in total. The van der Waals surface area contributed by atoms with Crippen molar-refractivity contribution in [3.63, 3.8) is 0 Å². The quantitative estimate of drug-likeness (QED) is 0.570. The zero-order valence-corrected chi connectivity index (χ0v) is 12.1. The minimum absolute atomic E-state index is 0.0675. The zero-order chi connectivity index (χ0) is 15.5. The molecule has 0 saturated heterocycles. The second kappa shape index (κ2) is 6.00. The molecule has 0 amide bonds. The van der Waals surface area contributed by atoms with Crippen molar-refractivity contribution in [1.82, 2.24) is 20.2 Å². The van der Waals surface area contributed by atoms with Crippen molar-refractivity contribution < 1.29 is 10.0 Å². The molecule has 0 aliphatic rings. The number of aliphatic hydroxyl groups excluding tert-OH is 1. The van der Waals surface area contributed by atoms with Crippen molar-refractivity contribution in [2.45, 2.75) is 12.6 Å². The van der Waals surface area contributed by atoms with Crippen LogP contribution >= 0.6 is 11.3 Å². The first-order valence-electron chi connectivity index (χ1n) is 6.36. The van der Waals surface area contributed by atoms with Crippen molar-refractivity contribution >= 4 is 17.0 Å². The maximum atomic E-state index is 10.8. The predicted octanol–water partition coefficient (Wildman–Crippen LogP) is 2.04. The number of tetrazole rings is 1. The molecule has 1 atom stereocenters. The minimum Gasteiger partial charge on any atom is -0.386 e. The number of non-ortho nitro benzene ring substituents is 1. The van der Waals surface area contributed by atoms with Crippen LogP contribution in [0.4, 0.5) is 5.69 Å². The van der Waals surface area contributed by atoms with Crippen molar-refractivity contribution in [3.05, 3.63) is 56.8 Å². The van der Waals surface area contributed by atoms with E-state index in [1.165, 1.54) is 34.3 Å². The summed E-state index contributed by atoms with van der Waals surface area (Å²) in [6.07, 6.45) is -0.954. The van der Waals surface area contributed by atoms with Crippen LogP contribution in [0.15, 0.2) is 41.1 Å². The Labute approximate surface area is 128 Å². The smallest absolute Gasteiger partial charge is 0.269 e. The number of nitro groups is 1. The highest BCUT2D eigenvalue weighted by atomic mass is 32.1. The number of thiophene rings is 1. The molecule has 22 heavy (non-hydrogen) atoms. The van der Waals surface area contributed by atoms with Crippen LogP contribution in [0.5, 0.6) is 0 Å². The average molecular weight is 317 g/mol. The molecule has 0 saturated carbocycles. The van der Waals surface area contributed by atoms with E-state index in [4.69, 9.17) is 0 Å². The number of nitrogens with zero attached hydrogens (tertiary/aromatic N) is 5. The molecule has 9 heteroatoms. The zero-order valence-electron chi connectivity index (χ0n) is 11.2. The van der Waals surface area contributed by atoms with Gasteiger partial charge in [0.1, 0.15) is 6.10 Å². The van der Waals surface area contributed by atoms with E-state index in [-0.39, 0.29) is 12.2 Å². The molecule has 2 aromatic heterocycles. The highest BCUT2D eigenvalue weighted by molar-refractivity contribution is 7.08. The maximum Gasteiger partial charge on any atom is 0.269 e. The topological polar surface area (TPSA) is 107 Å². The number of hydrogen-bond acceptors (Lipinski definition) is 7. The Hall–Kier alpha value is -2.65. The Morgan fingerprint density at radius 2 is 2.27 bits per heavy atom. The Kier molecular flexibility index (Phi) is 3.90. The molecular formula is C13H11N5O3S. The summed E-state index contributed by atoms with van der Waals surface area (Å²) in [5.41, 5.74) is 1.23. The summed E-state index contributed by atoms with van der Waals surface area (Å²) in [6.45, 7) is 0.0678. The fourth-order valence-corrected chi connectivity index (χ4v) is 2.57. The van der Waals surface area contributed by atoms with Crippen LogP contribution in [-0.4, -0.2) is 30.2 Å². The Morgan fingerprint density at radius 1 is 1.41 bits per heavy atom. The number of aliphatic hydroxyl groups is 1. The van der Waals surface area contributed by atoms with E-state index in [9.17, 15) is 15.2 Å². The van der Waals surface area contributed by atoms with Gasteiger partial charge in [0, 0.05) is 23.1 Å². The molecule has 0 radical (unpaired) electrons. The summed E-state index contributed by atoms with van der Waals surface area (Å²) in [5.74, 6) is 0.479. The third-order valence-electron chi connectivity index (χ3n) is 3.03. The fraction of sp³-hybridized carbons (Fsp3) is 0.154. The molecule has 1 unspecified atom stereocenters. The molecule has 3 aromatic rings. The molecule has 3 rings (SSSR count). The molecule has 1 aromatic carbocycles. The largest absolute Gasteiger partial charge is 0.386 e. The van der Waals surface area contributed by atoms with E-state index >= 15 is 0 Å². The number of hydrogen-bond donors (Lipinski definition) is 1. The van der Waals surface area contributed by atoms with Gasteiger partial charge in [-0.05, 0) is 22.2 Å². The van der Waals surface area contributed by atoms with Gasteiger partial charge in [0.25, 0.3) is 5.69 Å². The van der Waals surface area contributed by atoms with Gasteiger partial charge >= 0.3 is 0 Å². The maximum absolute atomic E-state index is 10.8. The lowest BCUT2D eigenvalue weighted by Gasteiger charge is -2.09. The monoisotopic (exact) mass is 317 g/mol. The van der Waals surface area contributed by atoms with Gasteiger partial charge < -0.3 is 5.11 Å². The average Bonchev–Trinajstić information content (AvgIpc) is 3.18. The Morgan fingerprint density at radius 3 is 3.00 bits per heavy atom. The number of rotatable bonds is 5. The predicted molar refractivity (Wildman–Crippen MR) is 79.2 cm³/mol. The third kappa shape index (κ3) is 3.00. The summed E-state index contributed by atoms with van der Waals surface area (Å²) < 4.78 is 0. The number of aromatic nitrogens is 4. The van der Waals surface area contributed by atoms with Crippen LogP contribution in [0, 0.1) is 10.1 Å². The number of nitro benzene ring substituents is 1. The van der Waals surface area contributed by atoms with Crippen LogP contribution in [0.3, 0.4) is 0 Å². The second-order valence-corrected chi connectivity index (χ2v) is 5.33. The van der Waals surface area contributed by atoms with Crippen LogP contribution in [0.1, 0.15) is 11.7 Å². The van der Waals surface area contributed by atoms with E-state index < -0.39 is 11.0 Å². The Balaban J connectivity index is 1.75. The summed E-state index contributed by atoms with van der Waals surface area (Å²) in [6, 6.07) is 7.74. The van der Waals surface area contributed by atoms with Crippen molar-refractivity contribution in [2.75, 3.05) is 0 Å². The van der Waals surface area contributed by atoms with Gasteiger partial charge in [0.2, 0.25) is 5.82 Å². The van der Waals surface area contributed by atoms with Gasteiger partial charge in [-0.25, -0.2) is 0 Å². The molecular weight excluding hydrogens is 306 g/mol. The van der Waals surface area contributed by atoms with Crippen molar-refractivity contribution in [1.29, 1.82) is 0 Å². The molecule has 8 nitrogen and oxygen atoms in total. The van der Waals surface area contributed by atoms with Gasteiger partial charge in [-0.3, -0.25) is 10.1 Å². The molecule has 0 spiro atoms. The third-order valence-corrected chi connectivity index (χ3v) is 3.72. The van der Waals surface area contributed by atoms with E-state index in [0.717, 1.165) is 5.56 Å². The first-order chi connectivity index (χ1) is 10.6. The van der Waals surface area contributed by atoms with Crippen LogP contribution < -0.4 is 0 Å². The summed E-state index contributed by atoms with van der Waals surface area (Å²) in [7, 11) is 0. The normalized spacial score (nSPS) is 12.2. The first kappa shape index (κ1) is 14.3. The lowest BCUT2D eigenvalue weighted by Crippen LogP contribution is -2.11. The van der Waals surface area contributed by atoms with Crippen molar-refractivity contribution in [2.24, 2.45) is 0 Å². The van der Waals surface area contributed by atoms with E-state index in [1.54, 1.807) is 6.07 Å². The van der Waals surface area contributed by atoms with E-state index in [1.807, 2.05) is 16.8 Å². The summed E-state index contributed by atoms with van der Waals surface area (Å²) in [5, 5.41) is 36.7. The summed E-state index contributed by atoms with van der Waals surface area (Å²) in [4.78, 5) is 11.5. The Bertz CT molecular complexity index is 787. The summed E-state index contributed by atoms with van der Waals surface area (Å²) >= 11 is 1.53. The van der Waals surface area contributed by atoms with Gasteiger partial charge in [0.15, 0.2) is 0 Å². The highest BCUT2D eigenvalue weighted by Gasteiger charge is 2.15. The second-order valence-electron chi connectivity index (χ2n) is 4.55. The molecule has 2 heterocycles. The first-order valence-corrected chi connectivity index (χ1v) is 7.30. The fourth-order valence-electron chi connectivity index (χ4n) is 1.93.